The van der Waals surface area contributed by atoms with Crippen molar-refractivity contribution in [1.29, 1.82) is 0 Å². The summed E-state index contributed by atoms with van der Waals surface area (Å²) in [6.07, 6.45) is -2.17. The number of carbonyl (C=O) groups is 3. The van der Waals surface area contributed by atoms with Crippen LogP contribution in [0.2, 0.25) is 0 Å². The third-order valence-corrected chi connectivity index (χ3v) is 6.16. The molecule has 0 amide bonds. The molecule has 0 saturated carbocycles. The number of esters is 2. The summed E-state index contributed by atoms with van der Waals surface area (Å²) >= 11 is 0. The van der Waals surface area contributed by atoms with Crippen molar-refractivity contribution < 1.29 is 28.6 Å². The van der Waals surface area contributed by atoms with Gasteiger partial charge < -0.3 is 19.9 Å². The molecule has 12 heteroatoms. The second kappa shape index (κ2) is 10.7. The van der Waals surface area contributed by atoms with E-state index in [1.807, 2.05) is 0 Å². The zero-order chi connectivity index (χ0) is 27.7. The molecule has 0 aliphatic carbocycles. The number of anilines is 1. The molecule has 38 heavy (non-hydrogen) atoms. The summed E-state index contributed by atoms with van der Waals surface area (Å²) in [6, 6.07) is 6.78. The van der Waals surface area contributed by atoms with E-state index in [0.717, 1.165) is 0 Å². The number of ether oxygens (including phenoxy) is 3. The molecule has 1 aromatic carbocycles. The van der Waals surface area contributed by atoms with Gasteiger partial charge >= 0.3 is 11.9 Å². The number of nitrogens with one attached hydrogen (secondary N) is 1. The maximum Gasteiger partial charge on any atom is 0.308 e. The summed E-state index contributed by atoms with van der Waals surface area (Å²) in [5.41, 5.74) is 6.49. The van der Waals surface area contributed by atoms with E-state index >= 15 is 0 Å². The van der Waals surface area contributed by atoms with Crippen molar-refractivity contribution >= 4 is 34.8 Å². The number of aromatic amines is 1. The minimum atomic E-state index is -0.808. The molecule has 0 bridgehead atoms. The summed E-state index contributed by atoms with van der Waals surface area (Å²) in [6.45, 7) is 8.16. The number of H-pyrrole nitrogens is 1. The van der Waals surface area contributed by atoms with E-state index in [4.69, 9.17) is 19.9 Å². The Balaban J connectivity index is 1.80. The number of Topliss-reactive ketones (excluding diaryl/α,β-unsaturated/α-hetero) is 1. The lowest BCUT2D eigenvalue weighted by Crippen LogP contribution is -2.33. The fraction of sp³-hybridized carbons (Fsp3) is 0.462. The SMILES string of the molecule is CC(=O)c1cccc(-c2nc3c(=O)[nH]c(N)nc3n2[C@H]2C[C@H](OC(=O)C(C)C)[C@@H](COC(=O)C(C)C)O2)c1. The fourth-order valence-corrected chi connectivity index (χ4v) is 4.10. The van der Waals surface area contributed by atoms with Gasteiger partial charge in [0, 0.05) is 17.5 Å². The Morgan fingerprint density at radius 3 is 2.53 bits per heavy atom. The third kappa shape index (κ3) is 5.44. The molecule has 0 unspecified atom stereocenters. The van der Waals surface area contributed by atoms with Crippen LogP contribution in [0.5, 0.6) is 0 Å². The number of rotatable bonds is 8. The molecule has 1 saturated heterocycles. The van der Waals surface area contributed by atoms with Gasteiger partial charge in [0.1, 0.15) is 30.9 Å². The van der Waals surface area contributed by atoms with Crippen LogP contribution in [-0.4, -0.2) is 56.1 Å². The van der Waals surface area contributed by atoms with Crippen LogP contribution in [0.3, 0.4) is 0 Å². The van der Waals surface area contributed by atoms with Gasteiger partial charge in [-0.05, 0) is 13.0 Å². The highest BCUT2D eigenvalue weighted by Gasteiger charge is 2.42. The number of carbonyl (C=O) groups excluding carboxylic acids is 3. The minimum Gasteiger partial charge on any atom is -0.463 e. The Morgan fingerprint density at radius 1 is 1.16 bits per heavy atom. The number of benzene rings is 1. The molecular weight excluding hydrogens is 494 g/mol. The Labute approximate surface area is 218 Å². The largest absolute Gasteiger partial charge is 0.463 e. The van der Waals surface area contributed by atoms with Crippen LogP contribution in [-0.2, 0) is 23.8 Å². The highest BCUT2D eigenvalue weighted by molar-refractivity contribution is 5.95. The van der Waals surface area contributed by atoms with Gasteiger partial charge in [-0.1, -0.05) is 45.9 Å². The van der Waals surface area contributed by atoms with E-state index < -0.39 is 35.9 Å². The first kappa shape index (κ1) is 27.0. The number of aromatic nitrogens is 4. The molecule has 3 N–H and O–H groups in total. The summed E-state index contributed by atoms with van der Waals surface area (Å²) in [5, 5.41) is 0. The Bertz CT molecular complexity index is 1440. The van der Waals surface area contributed by atoms with Crippen molar-refractivity contribution in [3.63, 3.8) is 0 Å². The van der Waals surface area contributed by atoms with E-state index in [-0.39, 0.29) is 47.8 Å². The molecule has 202 valence electrons. The van der Waals surface area contributed by atoms with Crippen molar-refractivity contribution in [2.45, 2.75) is 59.5 Å². The molecule has 12 nitrogen and oxygen atoms in total. The molecule has 0 spiro atoms. The van der Waals surface area contributed by atoms with Gasteiger partial charge in [0.05, 0.1) is 11.8 Å². The molecule has 2 aromatic heterocycles. The standard InChI is InChI=1S/C26H31N5O7/c1-12(2)24(34)36-11-18-17(38-25(35)13(3)4)10-19(37-18)31-21(16-8-6-7-15(9-16)14(5)32)28-20-22(31)29-26(27)30-23(20)33/h6-9,12-13,17-19H,10-11H2,1-5H3,(H3,27,29,30,33)/t17-,18+,19+/m0/s1. The minimum absolute atomic E-state index is 0.0245. The van der Waals surface area contributed by atoms with E-state index in [1.54, 1.807) is 56.5 Å². The van der Waals surface area contributed by atoms with Gasteiger partial charge in [-0.2, -0.15) is 4.98 Å². The average molecular weight is 526 g/mol. The van der Waals surface area contributed by atoms with Crippen molar-refractivity contribution in [3.8, 4) is 11.4 Å². The average Bonchev–Trinajstić information content (AvgIpc) is 3.43. The predicted molar refractivity (Wildman–Crippen MR) is 137 cm³/mol. The van der Waals surface area contributed by atoms with Gasteiger partial charge in [-0.15, -0.1) is 0 Å². The second-order valence-electron chi connectivity index (χ2n) is 9.85. The molecule has 4 rings (SSSR count). The monoisotopic (exact) mass is 525 g/mol. The first-order valence-electron chi connectivity index (χ1n) is 12.4. The van der Waals surface area contributed by atoms with Crippen LogP contribution in [0.1, 0.15) is 57.6 Å². The second-order valence-corrected chi connectivity index (χ2v) is 9.85. The normalized spacial score (nSPS) is 19.3. The number of imidazole rings is 1. The molecule has 1 fully saturated rings. The molecule has 0 radical (unpaired) electrons. The lowest BCUT2D eigenvalue weighted by molar-refractivity contribution is -0.162. The molecule has 3 aromatic rings. The van der Waals surface area contributed by atoms with Crippen LogP contribution < -0.4 is 11.3 Å². The number of nitrogen functional groups attached to an aromatic ring is 1. The van der Waals surface area contributed by atoms with Crippen molar-refractivity contribution in [1.82, 2.24) is 19.5 Å². The van der Waals surface area contributed by atoms with Crippen LogP contribution >= 0.6 is 0 Å². The number of ketones is 1. The zero-order valence-corrected chi connectivity index (χ0v) is 21.9. The van der Waals surface area contributed by atoms with Crippen LogP contribution in [0.15, 0.2) is 29.1 Å². The molecular formula is C26H31N5O7. The van der Waals surface area contributed by atoms with E-state index in [9.17, 15) is 19.2 Å². The zero-order valence-electron chi connectivity index (χ0n) is 21.9. The maximum absolute atomic E-state index is 12.7. The van der Waals surface area contributed by atoms with Gasteiger partial charge in [-0.3, -0.25) is 28.7 Å². The van der Waals surface area contributed by atoms with Crippen LogP contribution in [0, 0.1) is 11.8 Å². The fourth-order valence-electron chi connectivity index (χ4n) is 4.10. The van der Waals surface area contributed by atoms with Gasteiger partial charge in [0.25, 0.3) is 5.56 Å². The maximum atomic E-state index is 12.7. The number of hydrogen-bond acceptors (Lipinski definition) is 10. The molecule has 3 heterocycles. The summed E-state index contributed by atoms with van der Waals surface area (Å²) < 4.78 is 19.0. The van der Waals surface area contributed by atoms with E-state index in [1.165, 1.54) is 6.92 Å². The van der Waals surface area contributed by atoms with Gasteiger partial charge in [0.15, 0.2) is 16.9 Å². The Morgan fingerprint density at radius 2 is 1.87 bits per heavy atom. The Hall–Kier alpha value is -4.06. The first-order chi connectivity index (χ1) is 18.0. The van der Waals surface area contributed by atoms with E-state index in [0.29, 0.717) is 17.0 Å². The van der Waals surface area contributed by atoms with Crippen LogP contribution in [0.25, 0.3) is 22.6 Å². The number of nitrogens with two attached hydrogens (primary N) is 1. The van der Waals surface area contributed by atoms with Gasteiger partial charge in [0.2, 0.25) is 5.95 Å². The topological polar surface area (TPSA) is 168 Å². The Kier molecular flexibility index (Phi) is 7.63. The van der Waals surface area contributed by atoms with Crippen molar-refractivity contribution in [2.75, 3.05) is 12.3 Å². The number of hydrogen-bond donors (Lipinski definition) is 2. The number of fused-ring (bicyclic) bond motifs is 1. The first-order valence-corrected chi connectivity index (χ1v) is 12.4. The molecule has 3 atom stereocenters. The highest BCUT2D eigenvalue weighted by atomic mass is 16.6. The number of nitrogens with zero attached hydrogens (tertiary/aromatic N) is 3. The molecule has 1 aliphatic heterocycles. The lowest BCUT2D eigenvalue weighted by Gasteiger charge is -2.20. The van der Waals surface area contributed by atoms with Crippen molar-refractivity contribution in [2.24, 2.45) is 11.8 Å². The van der Waals surface area contributed by atoms with Crippen LogP contribution in [0.4, 0.5) is 5.95 Å². The summed E-state index contributed by atoms with van der Waals surface area (Å²) in [5.74, 6) is -1.52. The quantitative estimate of drug-likeness (QED) is 0.329. The summed E-state index contributed by atoms with van der Waals surface area (Å²) in [7, 11) is 0. The highest BCUT2D eigenvalue weighted by Crippen LogP contribution is 2.37. The van der Waals surface area contributed by atoms with Crippen molar-refractivity contribution in [3.05, 3.63) is 40.2 Å². The smallest absolute Gasteiger partial charge is 0.308 e. The molecule has 1 aliphatic rings. The third-order valence-electron chi connectivity index (χ3n) is 6.16. The van der Waals surface area contributed by atoms with E-state index in [2.05, 4.69) is 15.0 Å². The summed E-state index contributed by atoms with van der Waals surface area (Å²) in [4.78, 5) is 60.6. The lowest BCUT2D eigenvalue weighted by atomic mass is 10.1. The van der Waals surface area contributed by atoms with Gasteiger partial charge in [-0.25, -0.2) is 4.98 Å². The predicted octanol–water partition coefficient (Wildman–Crippen LogP) is 2.63.